The molecule has 0 bridgehead atoms. The standard InChI is InChI=1S/C27H26F2N4O2/c1-32(2)9-7-18-14-31-27(30)25-21(15-35-26(18)25)16-3-6-23-17(11-16)8-10-33(23)24(34)13-19-12-20(28)4-5-22(19)29/h3-6,11-12,14-15H,7-10,13H2,1-2H3,(H2,30,31). The normalized spacial score (nSPS) is 13.1. The van der Waals surface area contributed by atoms with Crippen LogP contribution in [0.15, 0.2) is 53.3 Å². The highest BCUT2D eigenvalue weighted by atomic mass is 19.1. The Labute approximate surface area is 202 Å². The Hall–Kier alpha value is -3.78. The molecule has 6 nitrogen and oxygen atoms in total. The van der Waals surface area contributed by atoms with Gasteiger partial charge in [-0.05, 0) is 68.4 Å². The number of carbonyl (C=O) groups excluding carboxylic acids is 1. The van der Waals surface area contributed by atoms with E-state index in [0.29, 0.717) is 18.8 Å². The molecule has 4 aromatic rings. The summed E-state index contributed by atoms with van der Waals surface area (Å²) < 4.78 is 33.5. The number of nitrogens with two attached hydrogens (primary N) is 1. The summed E-state index contributed by atoms with van der Waals surface area (Å²) in [5.74, 6) is -1.01. The number of amides is 1. The zero-order chi connectivity index (χ0) is 24.7. The van der Waals surface area contributed by atoms with Crippen molar-refractivity contribution in [1.82, 2.24) is 9.88 Å². The Bertz CT molecular complexity index is 1430. The molecular formula is C27H26F2N4O2. The van der Waals surface area contributed by atoms with Gasteiger partial charge in [0, 0.05) is 41.7 Å². The van der Waals surface area contributed by atoms with Crippen LogP contribution in [0.3, 0.4) is 0 Å². The SMILES string of the molecule is CN(C)CCc1cnc(N)c2c(-c3ccc4c(c3)CCN4C(=O)Cc3cc(F)ccc3F)coc12. The van der Waals surface area contributed by atoms with E-state index >= 15 is 0 Å². The summed E-state index contributed by atoms with van der Waals surface area (Å²) in [5, 5.41) is 0.786. The number of aromatic nitrogens is 1. The molecule has 0 saturated carbocycles. The Morgan fingerprint density at radius 3 is 2.80 bits per heavy atom. The maximum absolute atomic E-state index is 14.0. The second kappa shape index (κ2) is 9.11. The van der Waals surface area contributed by atoms with Crippen molar-refractivity contribution >= 4 is 28.4 Å². The Balaban J connectivity index is 1.43. The molecule has 0 radical (unpaired) electrons. The van der Waals surface area contributed by atoms with Crippen LogP contribution in [-0.2, 0) is 24.1 Å². The molecule has 0 spiro atoms. The average Bonchev–Trinajstić information content (AvgIpc) is 3.46. The number of benzene rings is 2. The van der Waals surface area contributed by atoms with Gasteiger partial charge in [-0.2, -0.15) is 0 Å². The second-order valence-electron chi connectivity index (χ2n) is 9.13. The molecule has 2 aromatic heterocycles. The van der Waals surface area contributed by atoms with Gasteiger partial charge in [-0.3, -0.25) is 4.79 Å². The number of pyridine rings is 1. The van der Waals surface area contributed by atoms with Crippen molar-refractivity contribution in [1.29, 1.82) is 0 Å². The highest BCUT2D eigenvalue weighted by Crippen LogP contribution is 2.38. The molecule has 0 fully saturated rings. The molecular weight excluding hydrogens is 450 g/mol. The Morgan fingerprint density at radius 2 is 2.00 bits per heavy atom. The van der Waals surface area contributed by atoms with Gasteiger partial charge in [0.1, 0.15) is 23.0 Å². The zero-order valence-electron chi connectivity index (χ0n) is 19.6. The largest absolute Gasteiger partial charge is 0.463 e. The van der Waals surface area contributed by atoms with E-state index in [1.54, 1.807) is 17.4 Å². The highest BCUT2D eigenvalue weighted by Gasteiger charge is 2.26. The summed E-state index contributed by atoms with van der Waals surface area (Å²) in [7, 11) is 4.03. The predicted octanol–water partition coefficient (Wildman–Crippen LogP) is 4.59. The molecule has 35 heavy (non-hydrogen) atoms. The van der Waals surface area contributed by atoms with Gasteiger partial charge in [0.15, 0.2) is 0 Å². The first-order chi connectivity index (χ1) is 16.8. The first-order valence-corrected chi connectivity index (χ1v) is 11.5. The number of rotatable bonds is 6. The fraction of sp³-hybridized carbons (Fsp3) is 0.259. The number of furan rings is 1. The molecule has 1 aliphatic heterocycles. The first kappa shape index (κ1) is 23.0. The number of halogens is 2. The molecule has 5 rings (SSSR count). The summed E-state index contributed by atoms with van der Waals surface area (Å²) >= 11 is 0. The predicted molar refractivity (Wildman–Crippen MR) is 132 cm³/mol. The minimum Gasteiger partial charge on any atom is -0.463 e. The Morgan fingerprint density at radius 1 is 1.17 bits per heavy atom. The minimum absolute atomic E-state index is 0.0537. The monoisotopic (exact) mass is 476 g/mol. The van der Waals surface area contributed by atoms with Crippen molar-refractivity contribution in [3.63, 3.8) is 0 Å². The first-order valence-electron chi connectivity index (χ1n) is 11.5. The lowest BCUT2D eigenvalue weighted by atomic mass is 10.00. The quantitative estimate of drug-likeness (QED) is 0.441. The molecule has 3 heterocycles. The lowest BCUT2D eigenvalue weighted by Gasteiger charge is -2.18. The van der Waals surface area contributed by atoms with Crippen LogP contribution in [0.2, 0.25) is 0 Å². The number of likely N-dealkylation sites (N-methyl/N-ethyl adjacent to an activating group) is 1. The number of nitrogen functional groups attached to an aromatic ring is 1. The van der Waals surface area contributed by atoms with E-state index in [9.17, 15) is 13.6 Å². The Kier molecular flexibility index (Phi) is 5.98. The van der Waals surface area contributed by atoms with Crippen molar-refractivity contribution < 1.29 is 18.0 Å². The number of carbonyl (C=O) groups is 1. The smallest absolute Gasteiger partial charge is 0.231 e. The van der Waals surface area contributed by atoms with Crippen LogP contribution in [0.25, 0.3) is 22.1 Å². The number of fused-ring (bicyclic) bond motifs is 2. The van der Waals surface area contributed by atoms with E-state index in [2.05, 4.69) is 9.88 Å². The third-order valence-electron chi connectivity index (χ3n) is 6.46. The van der Waals surface area contributed by atoms with E-state index in [1.807, 2.05) is 32.3 Å². The van der Waals surface area contributed by atoms with Crippen molar-refractivity contribution in [3.05, 3.63) is 77.2 Å². The van der Waals surface area contributed by atoms with Gasteiger partial charge in [0.25, 0.3) is 0 Å². The number of anilines is 2. The van der Waals surface area contributed by atoms with Gasteiger partial charge in [-0.15, -0.1) is 0 Å². The van der Waals surface area contributed by atoms with Gasteiger partial charge in [0.05, 0.1) is 18.1 Å². The number of nitrogens with zero attached hydrogens (tertiary/aromatic N) is 3. The van der Waals surface area contributed by atoms with Crippen molar-refractivity contribution in [2.45, 2.75) is 19.3 Å². The van der Waals surface area contributed by atoms with Crippen molar-refractivity contribution in [2.24, 2.45) is 0 Å². The molecule has 2 aromatic carbocycles. The summed E-state index contributed by atoms with van der Waals surface area (Å²) in [6.07, 6.45) is 4.72. The maximum Gasteiger partial charge on any atom is 0.231 e. The zero-order valence-corrected chi connectivity index (χ0v) is 19.6. The third kappa shape index (κ3) is 4.37. The van der Waals surface area contributed by atoms with E-state index in [4.69, 9.17) is 10.2 Å². The lowest BCUT2D eigenvalue weighted by molar-refractivity contribution is -0.117. The van der Waals surface area contributed by atoms with Crippen molar-refractivity contribution in [3.8, 4) is 11.1 Å². The third-order valence-corrected chi connectivity index (χ3v) is 6.46. The summed E-state index contributed by atoms with van der Waals surface area (Å²) in [6, 6.07) is 9.00. The van der Waals surface area contributed by atoms with Gasteiger partial charge in [0.2, 0.25) is 5.91 Å². The van der Waals surface area contributed by atoms with Crippen LogP contribution in [0.4, 0.5) is 20.3 Å². The highest BCUT2D eigenvalue weighted by molar-refractivity contribution is 6.03. The van der Waals surface area contributed by atoms with Crippen LogP contribution in [0.5, 0.6) is 0 Å². The minimum atomic E-state index is -0.586. The molecule has 0 unspecified atom stereocenters. The van der Waals surface area contributed by atoms with Crippen LogP contribution in [-0.4, -0.2) is 43.0 Å². The molecule has 1 aliphatic rings. The maximum atomic E-state index is 14.0. The molecule has 2 N–H and O–H groups in total. The van der Waals surface area contributed by atoms with Crippen LogP contribution in [0, 0.1) is 11.6 Å². The van der Waals surface area contributed by atoms with Gasteiger partial charge in [-0.1, -0.05) is 6.07 Å². The molecule has 0 saturated heterocycles. The molecule has 0 aliphatic carbocycles. The molecule has 8 heteroatoms. The average molecular weight is 477 g/mol. The molecule has 1 amide bonds. The summed E-state index contributed by atoms with van der Waals surface area (Å²) in [4.78, 5) is 21.0. The number of hydrogen-bond acceptors (Lipinski definition) is 5. The summed E-state index contributed by atoms with van der Waals surface area (Å²) in [6.45, 7) is 1.35. The summed E-state index contributed by atoms with van der Waals surface area (Å²) in [5.41, 5.74) is 11.6. The fourth-order valence-corrected chi connectivity index (χ4v) is 4.62. The fourth-order valence-electron chi connectivity index (χ4n) is 4.62. The van der Waals surface area contributed by atoms with Crippen LogP contribution in [0.1, 0.15) is 16.7 Å². The van der Waals surface area contributed by atoms with E-state index in [1.165, 1.54) is 0 Å². The van der Waals surface area contributed by atoms with Crippen LogP contribution >= 0.6 is 0 Å². The second-order valence-corrected chi connectivity index (χ2v) is 9.13. The molecule has 180 valence electrons. The van der Waals surface area contributed by atoms with Gasteiger partial charge in [-0.25, -0.2) is 13.8 Å². The van der Waals surface area contributed by atoms with E-state index < -0.39 is 11.6 Å². The number of hydrogen-bond donors (Lipinski definition) is 1. The van der Waals surface area contributed by atoms with Gasteiger partial charge >= 0.3 is 0 Å². The van der Waals surface area contributed by atoms with Crippen molar-refractivity contribution in [2.75, 3.05) is 37.8 Å². The molecule has 0 atom stereocenters. The topological polar surface area (TPSA) is 75.6 Å². The lowest BCUT2D eigenvalue weighted by Crippen LogP contribution is -2.30. The van der Waals surface area contributed by atoms with Gasteiger partial charge < -0.3 is 20.0 Å². The van der Waals surface area contributed by atoms with Crippen LogP contribution < -0.4 is 10.6 Å². The van der Waals surface area contributed by atoms with E-state index in [-0.39, 0.29) is 17.9 Å². The van der Waals surface area contributed by atoms with E-state index in [0.717, 1.165) is 70.1 Å².